The Morgan fingerprint density at radius 3 is 2.32 bits per heavy atom. The Morgan fingerprint density at radius 2 is 1.89 bits per heavy atom. The van der Waals surface area contributed by atoms with Crippen molar-refractivity contribution in [2.45, 2.75) is 33.2 Å². The third kappa shape index (κ3) is 2.38. The smallest absolute Gasteiger partial charge is 0.339 e. The highest BCUT2D eigenvalue weighted by Crippen LogP contribution is 2.27. The largest absolute Gasteiger partial charge is 0.478 e. The van der Waals surface area contributed by atoms with Crippen molar-refractivity contribution in [3.63, 3.8) is 0 Å². The highest BCUT2D eigenvalue weighted by atomic mass is 16.4. The highest BCUT2D eigenvalue weighted by Gasteiger charge is 2.24. The number of carboxylic acid groups (broad SMARTS) is 1. The monoisotopic (exact) mass is 262 g/mol. The Bertz CT molecular complexity index is 632. The molecule has 6 heteroatoms. The molecule has 0 atom stereocenters. The van der Waals surface area contributed by atoms with Gasteiger partial charge < -0.3 is 5.11 Å². The summed E-state index contributed by atoms with van der Waals surface area (Å²) in [5, 5.41) is 18.0. The second-order valence-electron chi connectivity index (χ2n) is 5.61. The number of hydrogen-bond donors (Lipinski definition) is 1. The standard InChI is InChI=1S/C13H18N4O2/c1-8-9(6-16(5)14-8)11-10(12(18)19)7-17(15-11)13(2,3)4/h6-7H,1-5H3,(H,18,19). The van der Waals surface area contributed by atoms with Gasteiger partial charge in [-0.3, -0.25) is 9.36 Å². The molecule has 0 aliphatic heterocycles. The van der Waals surface area contributed by atoms with Crippen molar-refractivity contribution in [1.82, 2.24) is 19.6 Å². The maximum absolute atomic E-state index is 11.4. The Hall–Kier alpha value is -2.11. The molecule has 0 spiro atoms. The molecule has 0 amide bonds. The Balaban J connectivity index is 2.65. The van der Waals surface area contributed by atoms with Gasteiger partial charge in [0, 0.05) is 25.0 Å². The summed E-state index contributed by atoms with van der Waals surface area (Å²) in [6.07, 6.45) is 3.36. The van der Waals surface area contributed by atoms with Gasteiger partial charge in [-0.1, -0.05) is 0 Å². The number of nitrogens with zero attached hydrogens (tertiary/aromatic N) is 4. The average molecular weight is 262 g/mol. The topological polar surface area (TPSA) is 72.9 Å². The van der Waals surface area contributed by atoms with Crippen LogP contribution in [-0.4, -0.2) is 30.6 Å². The molecule has 0 saturated heterocycles. The van der Waals surface area contributed by atoms with Crippen molar-refractivity contribution in [3.8, 4) is 11.3 Å². The molecule has 0 bridgehead atoms. The predicted octanol–water partition coefficient (Wildman–Crippen LogP) is 2.05. The number of aromatic carboxylic acids is 1. The van der Waals surface area contributed by atoms with Crippen LogP contribution < -0.4 is 0 Å². The Morgan fingerprint density at radius 1 is 1.26 bits per heavy atom. The summed E-state index contributed by atoms with van der Waals surface area (Å²) in [7, 11) is 1.80. The van der Waals surface area contributed by atoms with Gasteiger partial charge in [0.1, 0.15) is 11.3 Å². The molecular formula is C13H18N4O2. The molecule has 2 rings (SSSR count). The summed E-state index contributed by atoms with van der Waals surface area (Å²) in [6.45, 7) is 7.78. The molecular weight excluding hydrogens is 244 g/mol. The predicted molar refractivity (Wildman–Crippen MR) is 71.1 cm³/mol. The first kappa shape index (κ1) is 13.3. The summed E-state index contributed by atoms with van der Waals surface area (Å²) in [4.78, 5) is 11.4. The van der Waals surface area contributed by atoms with Gasteiger partial charge in [-0.05, 0) is 27.7 Å². The van der Waals surface area contributed by atoms with Crippen molar-refractivity contribution in [2.24, 2.45) is 7.05 Å². The van der Waals surface area contributed by atoms with Crippen LogP contribution in [0.1, 0.15) is 36.8 Å². The zero-order valence-electron chi connectivity index (χ0n) is 11.8. The van der Waals surface area contributed by atoms with E-state index in [4.69, 9.17) is 0 Å². The van der Waals surface area contributed by atoms with E-state index in [1.165, 1.54) is 0 Å². The summed E-state index contributed by atoms with van der Waals surface area (Å²) in [6, 6.07) is 0. The first-order chi connectivity index (χ1) is 8.70. The van der Waals surface area contributed by atoms with Gasteiger partial charge >= 0.3 is 5.97 Å². The molecule has 19 heavy (non-hydrogen) atoms. The average Bonchev–Trinajstić information content (AvgIpc) is 2.80. The van der Waals surface area contributed by atoms with Gasteiger partial charge in [0.25, 0.3) is 0 Å². The van der Waals surface area contributed by atoms with Gasteiger partial charge in [-0.2, -0.15) is 10.2 Å². The minimum absolute atomic E-state index is 0.200. The van der Waals surface area contributed by atoms with E-state index in [-0.39, 0.29) is 11.1 Å². The van der Waals surface area contributed by atoms with Crippen LogP contribution in [0.3, 0.4) is 0 Å². The third-order valence-electron chi connectivity index (χ3n) is 2.90. The van der Waals surface area contributed by atoms with E-state index < -0.39 is 5.97 Å². The molecule has 2 heterocycles. The highest BCUT2D eigenvalue weighted by molar-refractivity contribution is 5.94. The van der Waals surface area contributed by atoms with E-state index in [9.17, 15) is 9.90 Å². The van der Waals surface area contributed by atoms with E-state index in [0.717, 1.165) is 11.3 Å². The fourth-order valence-corrected chi connectivity index (χ4v) is 1.91. The third-order valence-corrected chi connectivity index (χ3v) is 2.90. The minimum atomic E-state index is -0.978. The van der Waals surface area contributed by atoms with E-state index in [1.54, 1.807) is 28.8 Å². The van der Waals surface area contributed by atoms with Crippen molar-refractivity contribution < 1.29 is 9.90 Å². The van der Waals surface area contributed by atoms with Crippen LogP contribution in [0, 0.1) is 6.92 Å². The van der Waals surface area contributed by atoms with Crippen molar-refractivity contribution in [3.05, 3.63) is 23.7 Å². The lowest BCUT2D eigenvalue weighted by Gasteiger charge is -2.18. The molecule has 0 aliphatic rings. The Kier molecular flexibility index (Phi) is 2.96. The number of carboxylic acids is 1. The number of rotatable bonds is 2. The maximum Gasteiger partial charge on any atom is 0.339 e. The van der Waals surface area contributed by atoms with Gasteiger partial charge in [-0.25, -0.2) is 4.79 Å². The zero-order valence-corrected chi connectivity index (χ0v) is 11.8. The lowest BCUT2D eigenvalue weighted by molar-refractivity contribution is 0.0697. The summed E-state index contributed by atoms with van der Waals surface area (Å²) >= 11 is 0. The van der Waals surface area contributed by atoms with Crippen LogP contribution in [0.4, 0.5) is 0 Å². The van der Waals surface area contributed by atoms with Crippen molar-refractivity contribution >= 4 is 5.97 Å². The first-order valence-corrected chi connectivity index (χ1v) is 6.04. The van der Waals surface area contributed by atoms with Crippen LogP contribution in [0.25, 0.3) is 11.3 Å². The molecule has 0 aromatic carbocycles. The number of hydrogen-bond acceptors (Lipinski definition) is 3. The second kappa shape index (κ2) is 4.22. The van der Waals surface area contributed by atoms with E-state index >= 15 is 0 Å². The van der Waals surface area contributed by atoms with E-state index in [0.29, 0.717) is 5.69 Å². The minimum Gasteiger partial charge on any atom is -0.478 e. The molecule has 6 nitrogen and oxygen atoms in total. The number of carbonyl (C=O) groups is 1. The summed E-state index contributed by atoms with van der Waals surface area (Å²) < 4.78 is 3.34. The SMILES string of the molecule is Cc1nn(C)cc1-c1nn(C(C)(C)C)cc1C(=O)O. The quantitative estimate of drug-likeness (QED) is 0.899. The molecule has 0 unspecified atom stereocenters. The van der Waals surface area contributed by atoms with Crippen molar-refractivity contribution in [1.29, 1.82) is 0 Å². The molecule has 0 fully saturated rings. The fourth-order valence-electron chi connectivity index (χ4n) is 1.91. The van der Waals surface area contributed by atoms with Crippen LogP contribution in [0.15, 0.2) is 12.4 Å². The lowest BCUT2D eigenvalue weighted by Crippen LogP contribution is -2.22. The molecule has 0 saturated carbocycles. The van der Waals surface area contributed by atoms with Gasteiger partial charge in [0.05, 0.1) is 11.2 Å². The van der Waals surface area contributed by atoms with Crippen LogP contribution in [0.5, 0.6) is 0 Å². The van der Waals surface area contributed by atoms with E-state index in [1.807, 2.05) is 27.7 Å². The first-order valence-electron chi connectivity index (χ1n) is 6.04. The van der Waals surface area contributed by atoms with Crippen LogP contribution in [0.2, 0.25) is 0 Å². The fraction of sp³-hybridized carbons (Fsp3) is 0.462. The second-order valence-corrected chi connectivity index (χ2v) is 5.61. The maximum atomic E-state index is 11.4. The normalized spacial score (nSPS) is 11.8. The molecule has 2 aromatic rings. The summed E-state index contributed by atoms with van der Waals surface area (Å²) in [5.41, 5.74) is 1.92. The van der Waals surface area contributed by atoms with E-state index in [2.05, 4.69) is 10.2 Å². The Labute approximate surface area is 111 Å². The lowest BCUT2D eigenvalue weighted by atomic mass is 10.1. The number of aryl methyl sites for hydroxylation is 2. The molecule has 0 radical (unpaired) electrons. The van der Waals surface area contributed by atoms with Crippen LogP contribution in [-0.2, 0) is 12.6 Å². The summed E-state index contributed by atoms with van der Waals surface area (Å²) in [5.74, 6) is -0.978. The molecule has 2 aromatic heterocycles. The van der Waals surface area contributed by atoms with Gasteiger partial charge in [-0.15, -0.1) is 0 Å². The van der Waals surface area contributed by atoms with Gasteiger partial charge in [0.15, 0.2) is 0 Å². The molecule has 1 N–H and O–H groups in total. The zero-order chi connectivity index (χ0) is 14.4. The molecule has 102 valence electrons. The van der Waals surface area contributed by atoms with Crippen molar-refractivity contribution in [2.75, 3.05) is 0 Å². The van der Waals surface area contributed by atoms with Crippen LogP contribution >= 0.6 is 0 Å². The molecule has 0 aliphatic carbocycles. The number of aromatic nitrogens is 4. The van der Waals surface area contributed by atoms with Gasteiger partial charge in [0.2, 0.25) is 0 Å².